The highest BCUT2D eigenvalue weighted by molar-refractivity contribution is 6.21. The van der Waals surface area contributed by atoms with Gasteiger partial charge in [-0.2, -0.15) is 0 Å². The second kappa shape index (κ2) is 5.19. The summed E-state index contributed by atoms with van der Waals surface area (Å²) in [5, 5.41) is 0. The van der Waals surface area contributed by atoms with E-state index in [0.29, 0.717) is 42.2 Å². The molecule has 0 saturated heterocycles. The Bertz CT molecular complexity index is 534. The normalized spacial score (nSPS) is 19.6. The quantitative estimate of drug-likeness (QED) is 0.793. The minimum atomic E-state index is -0.183. The summed E-state index contributed by atoms with van der Waals surface area (Å²) < 4.78 is 0. The van der Waals surface area contributed by atoms with Crippen molar-refractivity contribution < 1.29 is 14.4 Å². The van der Waals surface area contributed by atoms with Gasteiger partial charge < -0.3 is 0 Å². The Balaban J connectivity index is 1.64. The van der Waals surface area contributed by atoms with Crippen LogP contribution in [0.3, 0.4) is 0 Å². The lowest BCUT2D eigenvalue weighted by atomic mass is 9.86. The maximum atomic E-state index is 12.2. The molecule has 0 bridgehead atoms. The van der Waals surface area contributed by atoms with Crippen molar-refractivity contribution in [3.63, 3.8) is 0 Å². The summed E-state index contributed by atoms with van der Waals surface area (Å²) in [7, 11) is 0. The van der Waals surface area contributed by atoms with Crippen molar-refractivity contribution in [2.45, 2.75) is 32.1 Å². The molecular weight excluding hydrogens is 254 g/mol. The average molecular weight is 271 g/mol. The number of nitrogens with zero attached hydrogens (tertiary/aromatic N) is 1. The lowest BCUT2D eigenvalue weighted by molar-refractivity contribution is -0.121. The Labute approximate surface area is 117 Å². The van der Waals surface area contributed by atoms with E-state index < -0.39 is 0 Å². The van der Waals surface area contributed by atoms with Gasteiger partial charge in [-0.3, -0.25) is 19.3 Å². The number of hydrogen-bond donors (Lipinski definition) is 0. The number of imide groups is 1. The predicted molar refractivity (Wildman–Crippen MR) is 73.4 cm³/mol. The molecule has 0 aromatic heterocycles. The van der Waals surface area contributed by atoms with Gasteiger partial charge in [-0.15, -0.1) is 0 Å². The average Bonchev–Trinajstić information content (AvgIpc) is 2.71. The molecule has 0 atom stereocenters. The standard InChI is InChI=1S/C16H17NO3/c18-12-7-5-11(6-8-12)9-10-17-15(19)13-3-1-2-4-14(13)16(17)20/h1-4,11H,5-10H2. The molecule has 1 saturated carbocycles. The van der Waals surface area contributed by atoms with E-state index in [1.807, 2.05) is 0 Å². The summed E-state index contributed by atoms with van der Waals surface area (Å²) in [5.74, 6) is 0.425. The van der Waals surface area contributed by atoms with Gasteiger partial charge in [0.05, 0.1) is 11.1 Å². The summed E-state index contributed by atoms with van der Waals surface area (Å²) in [5.41, 5.74) is 1.02. The van der Waals surface area contributed by atoms with Crippen LogP contribution in [0.25, 0.3) is 0 Å². The lowest BCUT2D eigenvalue weighted by Crippen LogP contribution is -2.32. The molecule has 2 amide bonds. The van der Waals surface area contributed by atoms with E-state index >= 15 is 0 Å². The van der Waals surface area contributed by atoms with Crippen LogP contribution >= 0.6 is 0 Å². The first kappa shape index (κ1) is 13.0. The summed E-state index contributed by atoms with van der Waals surface area (Å²) in [4.78, 5) is 36.9. The van der Waals surface area contributed by atoms with E-state index in [1.165, 1.54) is 4.90 Å². The predicted octanol–water partition coefficient (Wildman–Crippen LogP) is 2.43. The third-order valence-corrected chi connectivity index (χ3v) is 4.30. The minimum absolute atomic E-state index is 0.183. The van der Waals surface area contributed by atoms with Crippen LogP contribution in [0.15, 0.2) is 24.3 Å². The molecule has 2 aliphatic rings. The molecule has 0 unspecified atom stereocenters. The number of hydrogen-bond acceptors (Lipinski definition) is 3. The number of rotatable bonds is 3. The van der Waals surface area contributed by atoms with Crippen LogP contribution in [0.1, 0.15) is 52.8 Å². The van der Waals surface area contributed by atoms with Gasteiger partial charge in [0, 0.05) is 19.4 Å². The molecule has 4 heteroatoms. The zero-order valence-corrected chi connectivity index (χ0v) is 11.3. The zero-order valence-electron chi connectivity index (χ0n) is 11.3. The van der Waals surface area contributed by atoms with E-state index in [4.69, 9.17) is 0 Å². The smallest absolute Gasteiger partial charge is 0.261 e. The molecule has 1 heterocycles. The Morgan fingerprint density at radius 3 is 2.05 bits per heavy atom. The van der Waals surface area contributed by atoms with Crippen molar-refractivity contribution in [3.8, 4) is 0 Å². The number of ketones is 1. The Hall–Kier alpha value is -1.97. The van der Waals surface area contributed by atoms with Crippen LogP contribution in [0.5, 0.6) is 0 Å². The van der Waals surface area contributed by atoms with Gasteiger partial charge in [0.15, 0.2) is 0 Å². The van der Waals surface area contributed by atoms with Gasteiger partial charge >= 0.3 is 0 Å². The third kappa shape index (κ3) is 2.26. The number of carbonyl (C=O) groups is 3. The fourth-order valence-corrected chi connectivity index (χ4v) is 3.04. The third-order valence-electron chi connectivity index (χ3n) is 4.30. The van der Waals surface area contributed by atoms with Gasteiger partial charge in [0.2, 0.25) is 0 Å². The van der Waals surface area contributed by atoms with Crippen LogP contribution in [-0.4, -0.2) is 29.0 Å². The molecular formula is C16H17NO3. The highest BCUT2D eigenvalue weighted by Crippen LogP contribution is 2.27. The van der Waals surface area contributed by atoms with Crippen molar-refractivity contribution in [1.82, 2.24) is 4.90 Å². The summed E-state index contributed by atoms with van der Waals surface area (Å²) >= 11 is 0. The van der Waals surface area contributed by atoms with Gasteiger partial charge in [-0.1, -0.05) is 12.1 Å². The molecule has 1 aliphatic carbocycles. The van der Waals surface area contributed by atoms with Crippen LogP contribution < -0.4 is 0 Å². The van der Waals surface area contributed by atoms with Crippen molar-refractivity contribution in [1.29, 1.82) is 0 Å². The highest BCUT2D eigenvalue weighted by Gasteiger charge is 2.35. The fraction of sp³-hybridized carbons (Fsp3) is 0.438. The van der Waals surface area contributed by atoms with Crippen molar-refractivity contribution in [2.24, 2.45) is 5.92 Å². The molecule has 1 fully saturated rings. The van der Waals surface area contributed by atoms with Gasteiger partial charge in [0.1, 0.15) is 5.78 Å². The maximum Gasteiger partial charge on any atom is 0.261 e. The number of Topliss-reactive ketones (excluding diaryl/α,β-unsaturated/α-hetero) is 1. The van der Waals surface area contributed by atoms with Gasteiger partial charge in [-0.05, 0) is 37.3 Å². The largest absolute Gasteiger partial charge is 0.300 e. The molecule has 0 N–H and O–H groups in total. The van der Waals surface area contributed by atoms with E-state index in [0.717, 1.165) is 19.3 Å². The van der Waals surface area contributed by atoms with Gasteiger partial charge in [0.25, 0.3) is 11.8 Å². The second-order valence-corrected chi connectivity index (χ2v) is 5.58. The first-order valence-electron chi connectivity index (χ1n) is 7.14. The summed E-state index contributed by atoms with van der Waals surface area (Å²) in [6.45, 7) is 0.463. The van der Waals surface area contributed by atoms with Crippen molar-refractivity contribution >= 4 is 17.6 Å². The van der Waals surface area contributed by atoms with E-state index in [9.17, 15) is 14.4 Å². The Kier molecular flexibility index (Phi) is 3.38. The molecule has 20 heavy (non-hydrogen) atoms. The second-order valence-electron chi connectivity index (χ2n) is 5.58. The number of benzene rings is 1. The first-order chi connectivity index (χ1) is 9.66. The first-order valence-corrected chi connectivity index (χ1v) is 7.14. The molecule has 3 rings (SSSR count). The summed E-state index contributed by atoms with van der Waals surface area (Å²) in [6.07, 6.45) is 3.88. The Morgan fingerprint density at radius 2 is 1.50 bits per heavy atom. The van der Waals surface area contributed by atoms with E-state index in [1.54, 1.807) is 24.3 Å². The van der Waals surface area contributed by atoms with Gasteiger partial charge in [-0.25, -0.2) is 0 Å². The fourth-order valence-electron chi connectivity index (χ4n) is 3.04. The molecule has 0 spiro atoms. The minimum Gasteiger partial charge on any atom is -0.300 e. The number of amides is 2. The molecule has 4 nitrogen and oxygen atoms in total. The van der Waals surface area contributed by atoms with Crippen LogP contribution in [0.2, 0.25) is 0 Å². The van der Waals surface area contributed by atoms with Crippen molar-refractivity contribution in [3.05, 3.63) is 35.4 Å². The van der Waals surface area contributed by atoms with Crippen LogP contribution in [0, 0.1) is 5.92 Å². The van der Waals surface area contributed by atoms with Crippen molar-refractivity contribution in [2.75, 3.05) is 6.54 Å². The van der Waals surface area contributed by atoms with E-state index in [2.05, 4.69) is 0 Å². The molecule has 1 aromatic carbocycles. The number of fused-ring (bicyclic) bond motifs is 1. The van der Waals surface area contributed by atoms with Crippen LogP contribution in [-0.2, 0) is 4.79 Å². The molecule has 1 aromatic rings. The topological polar surface area (TPSA) is 54.5 Å². The molecule has 104 valence electrons. The van der Waals surface area contributed by atoms with E-state index in [-0.39, 0.29) is 11.8 Å². The number of carbonyl (C=O) groups excluding carboxylic acids is 3. The maximum absolute atomic E-state index is 12.2. The molecule has 0 radical (unpaired) electrons. The highest BCUT2D eigenvalue weighted by atomic mass is 16.2. The SMILES string of the molecule is O=C1CCC(CCN2C(=O)c3ccccc3C2=O)CC1. The molecule has 1 aliphatic heterocycles. The Morgan fingerprint density at radius 1 is 0.950 bits per heavy atom. The summed E-state index contributed by atoms with van der Waals surface area (Å²) in [6, 6.07) is 6.96. The zero-order chi connectivity index (χ0) is 14.1. The monoisotopic (exact) mass is 271 g/mol. The lowest BCUT2D eigenvalue weighted by Gasteiger charge is -2.23. The van der Waals surface area contributed by atoms with Crippen LogP contribution in [0.4, 0.5) is 0 Å².